The number of hydrogen-bond acceptors (Lipinski definition) is 3. The Kier molecular flexibility index (Phi) is 2.99. The number of hydrogen-bond donors (Lipinski definition) is 0. The zero-order valence-corrected chi connectivity index (χ0v) is 12.3. The number of nitrogens with zero attached hydrogens (tertiary/aromatic N) is 1. The Labute approximate surface area is 116 Å². The largest absolute Gasteiger partial charge is 0.483 e. The lowest BCUT2D eigenvalue weighted by Gasteiger charge is -2.36. The Morgan fingerprint density at radius 3 is 2.94 bits per heavy atom. The Morgan fingerprint density at radius 2 is 2.25 bits per heavy atom. The van der Waals surface area contributed by atoms with Crippen LogP contribution in [0.5, 0.6) is 11.5 Å². The fourth-order valence-corrected chi connectivity index (χ4v) is 3.43. The molecule has 1 saturated carbocycles. The summed E-state index contributed by atoms with van der Waals surface area (Å²) >= 11 is 5.58. The highest BCUT2D eigenvalue weighted by Crippen LogP contribution is 2.41. The second-order valence-electron chi connectivity index (χ2n) is 4.22. The molecule has 1 aliphatic heterocycles. The van der Waals surface area contributed by atoms with E-state index in [1.807, 2.05) is 6.07 Å². The average Bonchev–Trinajstić information content (AvgIpc) is 2.13. The van der Waals surface area contributed by atoms with Gasteiger partial charge in [0.15, 0.2) is 16.1 Å². The number of fused-ring (bicyclic) bond motifs is 1. The topological polar surface area (TPSA) is 31.4 Å². The Balaban J connectivity index is 1.87. The average molecular weight is 396 g/mol. The quantitative estimate of drug-likeness (QED) is 0.539. The van der Waals surface area contributed by atoms with Crippen LogP contribution in [0.4, 0.5) is 0 Å². The molecule has 2 aliphatic rings. The molecule has 3 nitrogen and oxygen atoms in total. The summed E-state index contributed by atoms with van der Waals surface area (Å²) in [4.78, 5) is 4.29. The molecule has 1 atom stereocenters. The van der Waals surface area contributed by atoms with E-state index < -0.39 is 0 Å². The fraction of sp³-hybridized carbons (Fsp3) is 0.545. The molecule has 0 amide bonds. The lowest BCUT2D eigenvalue weighted by Crippen LogP contribution is -2.39. The van der Waals surface area contributed by atoms with Crippen molar-refractivity contribution in [3.8, 4) is 11.5 Å². The number of halogens is 2. The van der Waals surface area contributed by atoms with Gasteiger partial charge in [-0.3, -0.25) is 0 Å². The molecule has 1 aromatic rings. The van der Waals surface area contributed by atoms with E-state index in [-0.39, 0.29) is 6.10 Å². The fourth-order valence-electron chi connectivity index (χ4n) is 2.08. The normalized spacial score (nSPS) is 24.0. The molecule has 86 valence electrons. The molecule has 1 fully saturated rings. The van der Waals surface area contributed by atoms with Crippen molar-refractivity contribution in [2.45, 2.75) is 25.4 Å². The van der Waals surface area contributed by atoms with Crippen molar-refractivity contribution in [3.63, 3.8) is 0 Å². The molecule has 1 aromatic heterocycles. The van der Waals surface area contributed by atoms with Crippen LogP contribution in [0, 0.1) is 9.62 Å². The second kappa shape index (κ2) is 4.33. The number of rotatable bonds is 1. The lowest BCUT2D eigenvalue weighted by molar-refractivity contribution is 0.0177. The van der Waals surface area contributed by atoms with E-state index in [0.29, 0.717) is 12.5 Å². The zero-order valence-electron chi connectivity index (χ0n) is 8.58. The van der Waals surface area contributed by atoms with Gasteiger partial charge in [0.25, 0.3) is 0 Å². The molecule has 0 aromatic carbocycles. The van der Waals surface area contributed by atoms with E-state index in [9.17, 15) is 0 Å². The van der Waals surface area contributed by atoms with Gasteiger partial charge in [-0.1, -0.05) is 6.42 Å². The Morgan fingerprint density at radius 1 is 1.44 bits per heavy atom. The lowest BCUT2D eigenvalue weighted by atomic mass is 9.81. The second-order valence-corrected chi connectivity index (χ2v) is 6.08. The van der Waals surface area contributed by atoms with Gasteiger partial charge in [-0.15, -0.1) is 0 Å². The highest BCUT2D eigenvalue weighted by Gasteiger charge is 2.33. The molecule has 3 rings (SSSR count). The molecular formula is C11H11BrINO2. The van der Waals surface area contributed by atoms with Crippen LogP contribution in [0.1, 0.15) is 19.3 Å². The molecule has 16 heavy (non-hydrogen) atoms. The predicted octanol–water partition coefficient (Wildman–Crippen LogP) is 3.39. The number of aromatic nitrogens is 1. The first-order chi connectivity index (χ1) is 7.74. The smallest absolute Gasteiger partial charge is 0.194 e. The minimum Gasteiger partial charge on any atom is -0.483 e. The van der Waals surface area contributed by atoms with Crippen LogP contribution in [-0.2, 0) is 0 Å². The van der Waals surface area contributed by atoms with Crippen LogP contribution < -0.4 is 9.47 Å². The highest BCUT2D eigenvalue weighted by atomic mass is 127. The zero-order chi connectivity index (χ0) is 11.1. The molecule has 0 bridgehead atoms. The third-order valence-electron chi connectivity index (χ3n) is 3.21. The van der Waals surface area contributed by atoms with Crippen LogP contribution in [-0.4, -0.2) is 17.7 Å². The van der Waals surface area contributed by atoms with Crippen molar-refractivity contribution in [1.82, 2.24) is 4.98 Å². The third kappa shape index (κ3) is 1.92. The van der Waals surface area contributed by atoms with Crippen LogP contribution in [0.25, 0.3) is 0 Å². The minimum absolute atomic E-state index is 0.228. The van der Waals surface area contributed by atoms with Crippen molar-refractivity contribution >= 4 is 38.5 Å². The van der Waals surface area contributed by atoms with E-state index in [1.165, 1.54) is 19.3 Å². The van der Waals surface area contributed by atoms with Gasteiger partial charge >= 0.3 is 0 Å². The summed E-state index contributed by atoms with van der Waals surface area (Å²) in [6.45, 7) is 0.651. The first-order valence-electron chi connectivity index (χ1n) is 5.39. The summed E-state index contributed by atoms with van der Waals surface area (Å²) in [6, 6.07) is 1.94. The SMILES string of the molecule is Brc1nc(I)cc2c1OCC(C1CCC1)O2. The summed E-state index contributed by atoms with van der Waals surface area (Å²) in [5.41, 5.74) is 0. The van der Waals surface area contributed by atoms with Crippen LogP contribution in [0.15, 0.2) is 10.7 Å². The summed E-state index contributed by atoms with van der Waals surface area (Å²) in [6.07, 6.45) is 4.10. The molecule has 0 saturated heterocycles. The van der Waals surface area contributed by atoms with Gasteiger partial charge in [0.05, 0.1) is 0 Å². The van der Waals surface area contributed by atoms with E-state index in [2.05, 4.69) is 43.5 Å². The summed E-state index contributed by atoms with van der Waals surface area (Å²) in [7, 11) is 0. The third-order valence-corrected chi connectivity index (χ3v) is 4.30. The van der Waals surface area contributed by atoms with Gasteiger partial charge in [0.2, 0.25) is 0 Å². The first kappa shape index (κ1) is 11.1. The van der Waals surface area contributed by atoms with Crippen molar-refractivity contribution in [2.75, 3.05) is 6.61 Å². The Bertz CT molecular complexity index is 423. The van der Waals surface area contributed by atoms with Gasteiger partial charge in [-0.25, -0.2) is 4.98 Å². The van der Waals surface area contributed by atoms with Gasteiger partial charge in [0, 0.05) is 6.07 Å². The van der Waals surface area contributed by atoms with Crippen molar-refractivity contribution in [1.29, 1.82) is 0 Å². The monoisotopic (exact) mass is 395 g/mol. The molecule has 0 N–H and O–H groups in total. The minimum atomic E-state index is 0.228. The maximum Gasteiger partial charge on any atom is 0.194 e. The van der Waals surface area contributed by atoms with E-state index >= 15 is 0 Å². The van der Waals surface area contributed by atoms with Crippen molar-refractivity contribution < 1.29 is 9.47 Å². The van der Waals surface area contributed by atoms with Gasteiger partial charge in [-0.05, 0) is 57.3 Å². The van der Waals surface area contributed by atoms with Crippen molar-refractivity contribution in [2.24, 2.45) is 5.92 Å². The van der Waals surface area contributed by atoms with Gasteiger partial charge in [-0.2, -0.15) is 0 Å². The van der Waals surface area contributed by atoms with E-state index in [4.69, 9.17) is 9.47 Å². The maximum atomic E-state index is 6.00. The molecule has 0 spiro atoms. The maximum absolute atomic E-state index is 6.00. The van der Waals surface area contributed by atoms with Crippen LogP contribution in [0.2, 0.25) is 0 Å². The molecule has 2 heterocycles. The van der Waals surface area contributed by atoms with E-state index in [1.54, 1.807) is 0 Å². The van der Waals surface area contributed by atoms with Crippen molar-refractivity contribution in [3.05, 3.63) is 14.4 Å². The summed E-state index contributed by atoms with van der Waals surface area (Å²) < 4.78 is 13.4. The van der Waals surface area contributed by atoms with Crippen LogP contribution >= 0.6 is 38.5 Å². The molecule has 1 unspecified atom stereocenters. The Hall–Kier alpha value is -0.0400. The molecule has 1 aliphatic carbocycles. The molecular weight excluding hydrogens is 385 g/mol. The molecule has 0 radical (unpaired) electrons. The predicted molar refractivity (Wildman–Crippen MR) is 71.9 cm³/mol. The first-order valence-corrected chi connectivity index (χ1v) is 7.26. The summed E-state index contributed by atoms with van der Waals surface area (Å²) in [5.74, 6) is 2.25. The number of pyridine rings is 1. The van der Waals surface area contributed by atoms with E-state index in [0.717, 1.165) is 19.8 Å². The summed E-state index contributed by atoms with van der Waals surface area (Å²) in [5, 5.41) is 0. The number of ether oxygens (including phenoxy) is 2. The highest BCUT2D eigenvalue weighted by molar-refractivity contribution is 14.1. The van der Waals surface area contributed by atoms with Crippen LogP contribution in [0.3, 0.4) is 0 Å². The molecule has 5 heteroatoms. The standard InChI is InChI=1S/C11H11BrINO2/c12-11-10-7(4-9(13)14-11)16-8(5-15-10)6-2-1-3-6/h4,6,8H,1-3,5H2. The van der Waals surface area contributed by atoms with Gasteiger partial charge in [0.1, 0.15) is 16.4 Å². The van der Waals surface area contributed by atoms with Gasteiger partial charge < -0.3 is 9.47 Å².